The topological polar surface area (TPSA) is 193 Å². The monoisotopic (exact) mass is 466 g/mol. The summed E-state index contributed by atoms with van der Waals surface area (Å²) in [5.74, 6) is -3.64. The summed E-state index contributed by atoms with van der Waals surface area (Å²) in [5, 5.41) is 49.8. The molecule has 2 aromatic rings. The summed E-state index contributed by atoms with van der Waals surface area (Å²) in [4.78, 5) is 37.1. The van der Waals surface area contributed by atoms with Gasteiger partial charge in [-0.1, -0.05) is 0 Å². The molecular formula is C12H5BrF2N4O9. The minimum atomic E-state index is -1.40. The van der Waals surface area contributed by atoms with Crippen molar-refractivity contribution in [1.82, 2.24) is 0 Å². The second-order valence-electron chi connectivity index (χ2n) is 4.58. The van der Waals surface area contributed by atoms with E-state index in [0.29, 0.717) is 24.3 Å². The van der Waals surface area contributed by atoms with Crippen molar-refractivity contribution < 1.29 is 33.6 Å². The number of hydrogen-bond donors (Lipinski definition) is 1. The summed E-state index contributed by atoms with van der Waals surface area (Å²) in [6.07, 6.45) is 0. The summed E-state index contributed by atoms with van der Waals surface area (Å²) in [5.41, 5.74) is -3.14. The number of rotatable bonds is 4. The highest BCUT2D eigenvalue weighted by molar-refractivity contribution is 9.10. The Hall–Kier alpha value is -3.82. The van der Waals surface area contributed by atoms with Crippen LogP contribution in [0.3, 0.4) is 0 Å². The van der Waals surface area contributed by atoms with Gasteiger partial charge in [-0.2, -0.15) is 0 Å². The largest absolute Gasteiger partial charge is 0.500 e. The van der Waals surface area contributed by atoms with E-state index in [0.717, 1.165) is 0 Å². The van der Waals surface area contributed by atoms with Gasteiger partial charge in [0.05, 0.1) is 44.0 Å². The summed E-state index contributed by atoms with van der Waals surface area (Å²) in [6, 6.07) is 2.19. The van der Waals surface area contributed by atoms with Gasteiger partial charge in [0, 0.05) is 0 Å². The molecule has 0 aliphatic carbocycles. The molecule has 2 aromatic carbocycles. The maximum Gasteiger partial charge on any atom is 0.320 e. The van der Waals surface area contributed by atoms with Crippen molar-refractivity contribution in [2.45, 2.75) is 0 Å². The highest BCUT2D eigenvalue weighted by Crippen LogP contribution is 2.33. The number of nitro groups is 4. The Labute approximate surface area is 159 Å². The molecule has 0 atom stereocenters. The number of non-ortho nitro benzene ring substituents is 2. The van der Waals surface area contributed by atoms with Crippen LogP contribution in [0.2, 0.25) is 0 Å². The number of halogens is 3. The fourth-order valence-corrected chi connectivity index (χ4v) is 1.99. The smallest absolute Gasteiger partial charge is 0.320 e. The summed E-state index contributed by atoms with van der Waals surface area (Å²) >= 11 is 2.62. The van der Waals surface area contributed by atoms with E-state index < -0.39 is 64.3 Å². The van der Waals surface area contributed by atoms with Gasteiger partial charge in [-0.3, -0.25) is 40.5 Å². The molecule has 0 heterocycles. The van der Waals surface area contributed by atoms with Crippen LogP contribution in [0.25, 0.3) is 0 Å². The zero-order valence-corrected chi connectivity index (χ0v) is 14.5. The number of phenols is 1. The third kappa shape index (κ3) is 5.10. The third-order valence-electron chi connectivity index (χ3n) is 2.84. The van der Waals surface area contributed by atoms with Crippen LogP contribution in [-0.4, -0.2) is 24.8 Å². The van der Waals surface area contributed by atoms with Crippen LogP contribution in [0.15, 0.2) is 28.7 Å². The van der Waals surface area contributed by atoms with Gasteiger partial charge in [-0.05, 0) is 15.9 Å². The van der Waals surface area contributed by atoms with Crippen molar-refractivity contribution in [3.8, 4) is 5.75 Å². The number of nitro benzene ring substituents is 4. The molecule has 148 valence electrons. The molecule has 0 amide bonds. The second kappa shape index (κ2) is 8.71. The Bertz CT molecular complexity index is 922. The molecule has 0 fully saturated rings. The Morgan fingerprint density at radius 1 is 0.714 bits per heavy atom. The first-order valence-electron chi connectivity index (χ1n) is 6.45. The summed E-state index contributed by atoms with van der Waals surface area (Å²) < 4.78 is 25.2. The third-order valence-corrected chi connectivity index (χ3v) is 3.62. The first-order chi connectivity index (χ1) is 12.9. The van der Waals surface area contributed by atoms with Crippen LogP contribution in [-0.2, 0) is 0 Å². The highest BCUT2D eigenvalue weighted by Gasteiger charge is 2.24. The van der Waals surface area contributed by atoms with Gasteiger partial charge in [0.2, 0.25) is 5.75 Å². The Kier molecular flexibility index (Phi) is 6.91. The van der Waals surface area contributed by atoms with Crippen molar-refractivity contribution in [1.29, 1.82) is 0 Å². The maximum absolute atomic E-state index is 12.9. The van der Waals surface area contributed by atoms with E-state index in [-0.39, 0.29) is 0 Å². The molecule has 0 saturated carbocycles. The molecule has 1 N–H and O–H groups in total. The van der Waals surface area contributed by atoms with E-state index in [4.69, 9.17) is 5.11 Å². The molecule has 0 radical (unpaired) electrons. The Morgan fingerprint density at radius 2 is 1.11 bits per heavy atom. The van der Waals surface area contributed by atoms with Gasteiger partial charge in [-0.15, -0.1) is 0 Å². The van der Waals surface area contributed by atoms with E-state index >= 15 is 0 Å². The lowest BCUT2D eigenvalue weighted by Crippen LogP contribution is -1.95. The molecule has 16 heteroatoms. The number of nitrogens with zero attached hydrogens (tertiary/aromatic N) is 4. The van der Waals surface area contributed by atoms with E-state index in [2.05, 4.69) is 15.9 Å². The zero-order valence-electron chi connectivity index (χ0n) is 12.9. The molecule has 0 aromatic heterocycles. The van der Waals surface area contributed by atoms with Crippen LogP contribution < -0.4 is 0 Å². The quantitative estimate of drug-likeness (QED) is 0.515. The molecule has 0 aliphatic heterocycles. The van der Waals surface area contributed by atoms with E-state index in [9.17, 15) is 49.2 Å². The lowest BCUT2D eigenvalue weighted by atomic mass is 10.2. The average Bonchev–Trinajstić information content (AvgIpc) is 2.59. The van der Waals surface area contributed by atoms with Gasteiger partial charge in [0.25, 0.3) is 17.1 Å². The number of aromatic hydroxyl groups is 1. The van der Waals surface area contributed by atoms with Crippen molar-refractivity contribution in [3.05, 3.63) is 80.8 Å². The van der Waals surface area contributed by atoms with Crippen LogP contribution in [0.5, 0.6) is 5.75 Å². The molecule has 0 saturated heterocycles. The fourth-order valence-electron chi connectivity index (χ4n) is 1.61. The molecular weight excluding hydrogens is 462 g/mol. The lowest BCUT2D eigenvalue weighted by molar-refractivity contribution is -0.395. The molecule has 13 nitrogen and oxygen atoms in total. The molecule has 2 rings (SSSR count). The Morgan fingerprint density at radius 3 is 1.50 bits per heavy atom. The van der Waals surface area contributed by atoms with Gasteiger partial charge < -0.3 is 5.11 Å². The predicted octanol–water partition coefficient (Wildman–Crippen LogP) is 3.75. The standard InChI is InChI=1S/C6H2BrFN2O4.C6H3FN2O5/c7-6-4(8)1-3(9(11)12)2-5(6)10(13)14;7-4-1-3(8(11)12)2-5(6(4)10)9(13)14/h1-2H;1-2,10H. The fraction of sp³-hybridized carbons (Fsp3) is 0. The minimum absolute atomic E-state index is 0.395. The van der Waals surface area contributed by atoms with Crippen molar-refractivity contribution >= 4 is 38.7 Å². The molecule has 0 aliphatic rings. The predicted molar refractivity (Wildman–Crippen MR) is 88.8 cm³/mol. The summed E-state index contributed by atoms with van der Waals surface area (Å²) in [7, 11) is 0. The Balaban J connectivity index is 0.000000280. The number of benzene rings is 2. The summed E-state index contributed by atoms with van der Waals surface area (Å²) in [6.45, 7) is 0. The molecule has 0 bridgehead atoms. The van der Waals surface area contributed by atoms with E-state index in [1.54, 1.807) is 0 Å². The lowest BCUT2D eigenvalue weighted by Gasteiger charge is -1.97. The minimum Gasteiger partial charge on any atom is -0.500 e. The maximum atomic E-state index is 12.9. The first-order valence-corrected chi connectivity index (χ1v) is 7.25. The van der Waals surface area contributed by atoms with Crippen molar-refractivity contribution in [3.63, 3.8) is 0 Å². The number of hydrogen-bond acceptors (Lipinski definition) is 9. The molecule has 0 spiro atoms. The normalized spacial score (nSPS) is 9.82. The van der Waals surface area contributed by atoms with Crippen LogP contribution in [0, 0.1) is 52.1 Å². The average molecular weight is 467 g/mol. The van der Waals surface area contributed by atoms with Gasteiger partial charge in [0.15, 0.2) is 11.6 Å². The van der Waals surface area contributed by atoms with Gasteiger partial charge >= 0.3 is 5.69 Å². The highest BCUT2D eigenvalue weighted by atomic mass is 79.9. The van der Waals surface area contributed by atoms with Gasteiger partial charge in [-0.25, -0.2) is 8.78 Å². The first kappa shape index (κ1) is 22.2. The van der Waals surface area contributed by atoms with Crippen molar-refractivity contribution in [2.24, 2.45) is 0 Å². The van der Waals surface area contributed by atoms with Crippen LogP contribution in [0.4, 0.5) is 31.5 Å². The van der Waals surface area contributed by atoms with Crippen LogP contribution in [0.1, 0.15) is 0 Å². The molecule has 28 heavy (non-hydrogen) atoms. The number of phenolic OH excluding ortho intramolecular Hbond substituents is 1. The zero-order chi connectivity index (χ0) is 21.8. The van der Waals surface area contributed by atoms with Gasteiger partial charge in [0.1, 0.15) is 4.47 Å². The SMILES string of the molecule is O=[N+]([O-])c1cc(F)c(Br)c([N+](=O)[O-])c1.O=[N+]([O-])c1cc(F)c(O)c([N+](=O)[O-])c1. The van der Waals surface area contributed by atoms with E-state index in [1.807, 2.05) is 0 Å². The molecule has 0 unspecified atom stereocenters. The van der Waals surface area contributed by atoms with Crippen LogP contribution >= 0.6 is 15.9 Å². The van der Waals surface area contributed by atoms with E-state index in [1.165, 1.54) is 0 Å². The van der Waals surface area contributed by atoms with Crippen molar-refractivity contribution in [2.75, 3.05) is 0 Å². The second-order valence-corrected chi connectivity index (χ2v) is 5.38.